The molecule has 31 heavy (non-hydrogen) atoms. The first-order valence-corrected chi connectivity index (χ1v) is 11.5. The van der Waals surface area contributed by atoms with Gasteiger partial charge in [-0.1, -0.05) is 13.8 Å². The summed E-state index contributed by atoms with van der Waals surface area (Å²) in [6.45, 7) is 12.7. The molecule has 2 aromatic rings. The summed E-state index contributed by atoms with van der Waals surface area (Å²) >= 11 is 0. The lowest BCUT2D eigenvalue weighted by Gasteiger charge is -2.43. The molecule has 7 nitrogen and oxygen atoms in total. The first-order chi connectivity index (χ1) is 15.1. The minimum Gasteiger partial charge on any atom is -0.495 e. The zero-order valence-electron chi connectivity index (χ0n) is 19.8. The average Bonchev–Trinajstić information content (AvgIpc) is 2.82. The van der Waals surface area contributed by atoms with Crippen LogP contribution in [0.3, 0.4) is 0 Å². The number of benzene rings is 1. The number of hydrogen-bond donors (Lipinski definition) is 1. The van der Waals surface area contributed by atoms with Crippen LogP contribution < -0.4 is 15.0 Å². The van der Waals surface area contributed by atoms with Gasteiger partial charge in [0, 0.05) is 56.4 Å². The number of piperazine rings is 1. The third-order valence-corrected chi connectivity index (χ3v) is 6.08. The molecule has 2 fully saturated rings. The largest absolute Gasteiger partial charge is 0.495 e. The summed E-state index contributed by atoms with van der Waals surface area (Å²) in [5, 5.41) is 3.26. The van der Waals surface area contributed by atoms with Crippen molar-refractivity contribution in [1.29, 1.82) is 0 Å². The number of piperidine rings is 1. The molecule has 4 rings (SSSR count). The SMILES string of the molecule is CC.COc1cc(Nc2ncc(C)cn2)ccc1N1CCN(C2CCN(C)CC2)CC1. The normalized spacial score (nSPS) is 18.3. The number of nitrogens with zero attached hydrogens (tertiary/aromatic N) is 5. The van der Waals surface area contributed by atoms with Gasteiger partial charge in [0.05, 0.1) is 12.8 Å². The van der Waals surface area contributed by atoms with E-state index in [0.29, 0.717) is 5.95 Å². The third kappa shape index (κ3) is 6.08. The Kier molecular flexibility index (Phi) is 8.49. The van der Waals surface area contributed by atoms with Crippen LogP contribution in [-0.2, 0) is 0 Å². The summed E-state index contributed by atoms with van der Waals surface area (Å²) in [5.74, 6) is 1.48. The van der Waals surface area contributed by atoms with E-state index in [-0.39, 0.29) is 0 Å². The van der Waals surface area contributed by atoms with Gasteiger partial charge in [-0.2, -0.15) is 0 Å². The number of hydrogen-bond acceptors (Lipinski definition) is 7. The molecule has 2 aliphatic heterocycles. The maximum Gasteiger partial charge on any atom is 0.227 e. The van der Waals surface area contributed by atoms with Gasteiger partial charge in [0.1, 0.15) is 5.75 Å². The number of aromatic nitrogens is 2. The van der Waals surface area contributed by atoms with Gasteiger partial charge in [0.2, 0.25) is 5.95 Å². The van der Waals surface area contributed by atoms with E-state index in [1.165, 1.54) is 25.9 Å². The van der Waals surface area contributed by atoms with Crippen LogP contribution in [0, 0.1) is 6.92 Å². The van der Waals surface area contributed by atoms with Crippen molar-refractivity contribution >= 4 is 17.3 Å². The van der Waals surface area contributed by atoms with Crippen molar-refractivity contribution < 1.29 is 4.74 Å². The predicted molar refractivity (Wildman–Crippen MR) is 129 cm³/mol. The molecule has 1 N–H and O–H groups in total. The van der Waals surface area contributed by atoms with Gasteiger partial charge < -0.3 is 19.9 Å². The first kappa shape index (κ1) is 23.3. The number of ether oxygens (including phenoxy) is 1. The van der Waals surface area contributed by atoms with Crippen LogP contribution in [-0.4, -0.2) is 79.2 Å². The summed E-state index contributed by atoms with van der Waals surface area (Å²) in [6, 6.07) is 6.99. The number of aryl methyl sites for hydroxylation is 1. The topological polar surface area (TPSA) is 56.8 Å². The van der Waals surface area contributed by atoms with E-state index in [1.54, 1.807) is 7.11 Å². The van der Waals surface area contributed by atoms with E-state index in [1.807, 2.05) is 39.2 Å². The van der Waals surface area contributed by atoms with Gasteiger partial charge in [-0.15, -0.1) is 0 Å². The lowest BCUT2D eigenvalue weighted by Crippen LogP contribution is -2.53. The highest BCUT2D eigenvalue weighted by Gasteiger charge is 2.27. The third-order valence-electron chi connectivity index (χ3n) is 6.08. The average molecular weight is 427 g/mol. The Morgan fingerprint density at radius 1 is 0.968 bits per heavy atom. The van der Waals surface area contributed by atoms with Crippen molar-refractivity contribution in [3.63, 3.8) is 0 Å². The molecular formula is C24H38N6O. The number of methoxy groups -OCH3 is 1. The van der Waals surface area contributed by atoms with Crippen LogP contribution in [0.1, 0.15) is 32.3 Å². The van der Waals surface area contributed by atoms with E-state index >= 15 is 0 Å². The van der Waals surface area contributed by atoms with E-state index in [4.69, 9.17) is 4.74 Å². The number of nitrogens with one attached hydrogen (secondary N) is 1. The first-order valence-electron chi connectivity index (χ1n) is 11.5. The Balaban J connectivity index is 0.00000132. The second kappa shape index (κ2) is 11.3. The maximum atomic E-state index is 5.71. The molecule has 7 heteroatoms. The van der Waals surface area contributed by atoms with E-state index in [2.05, 4.69) is 49.2 Å². The molecule has 2 saturated heterocycles. The highest BCUT2D eigenvalue weighted by molar-refractivity contribution is 5.67. The minimum absolute atomic E-state index is 0.595. The van der Waals surface area contributed by atoms with Crippen molar-refractivity contribution in [2.45, 2.75) is 39.7 Å². The maximum absolute atomic E-state index is 5.71. The van der Waals surface area contributed by atoms with Gasteiger partial charge in [-0.3, -0.25) is 4.90 Å². The fraction of sp³-hybridized carbons (Fsp3) is 0.583. The summed E-state index contributed by atoms with van der Waals surface area (Å²) in [5.41, 5.74) is 3.13. The molecule has 3 heterocycles. The molecule has 0 radical (unpaired) electrons. The Labute approximate surface area is 187 Å². The van der Waals surface area contributed by atoms with Gasteiger partial charge in [0.25, 0.3) is 0 Å². The molecule has 0 bridgehead atoms. The summed E-state index contributed by atoms with van der Waals surface area (Å²) in [4.78, 5) is 16.2. The molecular weight excluding hydrogens is 388 g/mol. The van der Waals surface area contributed by atoms with Gasteiger partial charge >= 0.3 is 0 Å². The highest BCUT2D eigenvalue weighted by atomic mass is 16.5. The van der Waals surface area contributed by atoms with Crippen LogP contribution >= 0.6 is 0 Å². The lowest BCUT2D eigenvalue weighted by molar-refractivity contribution is 0.115. The lowest BCUT2D eigenvalue weighted by atomic mass is 10.0. The number of rotatable bonds is 5. The summed E-state index contributed by atoms with van der Waals surface area (Å²) in [7, 11) is 3.96. The van der Waals surface area contributed by atoms with Crippen LogP contribution in [0.5, 0.6) is 5.75 Å². The highest BCUT2D eigenvalue weighted by Crippen LogP contribution is 2.33. The molecule has 0 unspecified atom stereocenters. The van der Waals surface area contributed by atoms with Crippen molar-refractivity contribution in [2.24, 2.45) is 0 Å². The smallest absolute Gasteiger partial charge is 0.227 e. The van der Waals surface area contributed by atoms with E-state index in [0.717, 1.165) is 54.9 Å². The Bertz CT molecular complexity index is 796. The monoisotopic (exact) mass is 426 g/mol. The summed E-state index contributed by atoms with van der Waals surface area (Å²) in [6.07, 6.45) is 6.21. The molecule has 0 amide bonds. The fourth-order valence-corrected chi connectivity index (χ4v) is 4.29. The van der Waals surface area contributed by atoms with Gasteiger partial charge in [0.15, 0.2) is 0 Å². The van der Waals surface area contributed by atoms with Crippen LogP contribution in [0.15, 0.2) is 30.6 Å². The Morgan fingerprint density at radius 2 is 1.61 bits per heavy atom. The fourth-order valence-electron chi connectivity index (χ4n) is 4.29. The van der Waals surface area contributed by atoms with Crippen molar-refractivity contribution in [3.05, 3.63) is 36.2 Å². The number of likely N-dealkylation sites (tertiary alicyclic amines) is 1. The standard InChI is InChI=1S/C22H32N6O.C2H6/c1-17-15-23-22(24-16-17)25-18-4-5-20(21(14-18)29-3)28-12-10-27(11-13-28)19-6-8-26(2)9-7-19;1-2/h4-5,14-16,19H,6-13H2,1-3H3,(H,23,24,25);1-2H3. The molecule has 1 aromatic heterocycles. The molecule has 1 aromatic carbocycles. The number of anilines is 3. The molecule has 0 aliphatic carbocycles. The molecule has 0 saturated carbocycles. The molecule has 0 spiro atoms. The van der Waals surface area contributed by atoms with Gasteiger partial charge in [-0.05, 0) is 57.6 Å². The predicted octanol–water partition coefficient (Wildman–Crippen LogP) is 3.78. The minimum atomic E-state index is 0.595. The van der Waals surface area contributed by atoms with Crippen molar-refractivity contribution in [2.75, 3.05) is 63.6 Å². The summed E-state index contributed by atoms with van der Waals surface area (Å²) < 4.78 is 5.71. The Morgan fingerprint density at radius 3 is 2.23 bits per heavy atom. The zero-order chi connectivity index (χ0) is 22.2. The van der Waals surface area contributed by atoms with Crippen LogP contribution in [0.25, 0.3) is 0 Å². The van der Waals surface area contributed by atoms with Crippen LogP contribution in [0.4, 0.5) is 17.3 Å². The molecule has 170 valence electrons. The van der Waals surface area contributed by atoms with Crippen LogP contribution in [0.2, 0.25) is 0 Å². The second-order valence-corrected chi connectivity index (χ2v) is 8.15. The van der Waals surface area contributed by atoms with Crippen molar-refractivity contribution in [3.8, 4) is 5.75 Å². The second-order valence-electron chi connectivity index (χ2n) is 8.15. The molecule has 0 atom stereocenters. The zero-order valence-corrected chi connectivity index (χ0v) is 19.8. The molecule has 2 aliphatic rings. The van der Waals surface area contributed by atoms with Gasteiger partial charge in [-0.25, -0.2) is 9.97 Å². The van der Waals surface area contributed by atoms with Crippen molar-refractivity contribution in [1.82, 2.24) is 19.8 Å². The van der Waals surface area contributed by atoms with E-state index in [9.17, 15) is 0 Å². The van der Waals surface area contributed by atoms with E-state index < -0.39 is 0 Å². The Hall–Kier alpha value is -2.38. The quantitative estimate of drug-likeness (QED) is 0.781.